The van der Waals surface area contributed by atoms with E-state index in [9.17, 15) is 22.8 Å². The van der Waals surface area contributed by atoms with Gasteiger partial charge in [0.2, 0.25) is 11.8 Å². The highest BCUT2D eigenvalue weighted by molar-refractivity contribution is 6.30. The Morgan fingerprint density at radius 2 is 2.08 bits per heavy atom. The highest BCUT2D eigenvalue weighted by atomic mass is 35.5. The van der Waals surface area contributed by atoms with Gasteiger partial charge in [0.25, 0.3) is 5.88 Å². The van der Waals surface area contributed by atoms with Gasteiger partial charge in [-0.05, 0) is 11.6 Å². The maximum Gasteiger partial charge on any atom is 0.497 e. The number of nitrogens with one attached hydrogen (secondary N) is 1. The molecule has 3 rings (SSSR count). The molecule has 1 fully saturated rings. The largest absolute Gasteiger partial charge is 0.497 e. The van der Waals surface area contributed by atoms with Crippen molar-refractivity contribution in [3.05, 3.63) is 17.3 Å². The number of piperidine rings is 1. The van der Waals surface area contributed by atoms with E-state index >= 15 is 0 Å². The molecule has 0 bridgehead atoms. The summed E-state index contributed by atoms with van der Waals surface area (Å²) in [5.74, 6) is -3.36. The van der Waals surface area contributed by atoms with Gasteiger partial charge in [0, 0.05) is 38.2 Å². The van der Waals surface area contributed by atoms with Crippen LogP contribution < -0.4 is 14.7 Å². The lowest BCUT2D eigenvalue weighted by Gasteiger charge is -2.42. The predicted octanol–water partition coefficient (Wildman–Crippen LogP) is 2.12. The number of rotatable bonds is 2. The number of halogens is 4. The molecule has 1 N–H and O–H groups in total. The first-order valence-electron chi connectivity index (χ1n) is 7.93. The summed E-state index contributed by atoms with van der Waals surface area (Å²) >= 11 is 5.94. The molecule has 11 heteroatoms. The highest BCUT2D eigenvalue weighted by Gasteiger charge is 2.62. The predicted molar refractivity (Wildman–Crippen MR) is 84.2 cm³/mol. The van der Waals surface area contributed by atoms with Crippen LogP contribution in [-0.4, -0.2) is 48.3 Å². The Hall–Kier alpha value is -1.91. The first-order chi connectivity index (χ1) is 12.2. The van der Waals surface area contributed by atoms with Gasteiger partial charge in [-0.2, -0.15) is 13.2 Å². The van der Waals surface area contributed by atoms with E-state index in [0.717, 1.165) is 0 Å². The smallest absolute Gasteiger partial charge is 0.456 e. The van der Waals surface area contributed by atoms with Crippen LogP contribution in [0.25, 0.3) is 0 Å². The molecule has 2 aliphatic heterocycles. The monoisotopic (exact) mass is 394 g/mol. The molecule has 0 aliphatic carbocycles. The molecular weight excluding hydrogens is 379 g/mol. The van der Waals surface area contributed by atoms with Crippen molar-refractivity contribution in [1.29, 1.82) is 0 Å². The summed E-state index contributed by atoms with van der Waals surface area (Å²) in [6.07, 6.45) is -4.53. The number of hydrogen-bond donors (Lipinski definition) is 1. The zero-order valence-electron chi connectivity index (χ0n) is 13.7. The summed E-state index contributed by atoms with van der Waals surface area (Å²) in [5.41, 5.74) is -0.106. The average Bonchev–Trinajstić information content (AvgIpc) is 2.59. The van der Waals surface area contributed by atoms with Crippen LogP contribution in [0.3, 0.4) is 0 Å². The van der Waals surface area contributed by atoms with Crippen LogP contribution in [-0.2, 0) is 14.4 Å². The number of carbonyl (C=O) groups is 2. The molecule has 0 saturated carbocycles. The van der Waals surface area contributed by atoms with Gasteiger partial charge >= 0.3 is 18.1 Å². The lowest BCUT2D eigenvalue weighted by molar-refractivity contribution is -0.245. The van der Waals surface area contributed by atoms with Crippen LogP contribution in [0.2, 0.25) is 5.02 Å². The van der Waals surface area contributed by atoms with Crippen LogP contribution in [0.4, 0.5) is 18.9 Å². The summed E-state index contributed by atoms with van der Waals surface area (Å²) in [4.78, 5) is 33.5. The van der Waals surface area contributed by atoms with Crippen molar-refractivity contribution in [1.82, 2.24) is 14.9 Å². The number of hydroxylamine groups is 2. The summed E-state index contributed by atoms with van der Waals surface area (Å²) in [7, 11) is 0. The molecule has 1 amide bonds. The Kier molecular flexibility index (Phi) is 4.84. The second-order valence-corrected chi connectivity index (χ2v) is 6.53. The minimum Gasteiger partial charge on any atom is -0.456 e. The van der Waals surface area contributed by atoms with Crippen molar-refractivity contribution in [2.75, 3.05) is 13.1 Å². The van der Waals surface area contributed by atoms with Crippen molar-refractivity contribution in [2.24, 2.45) is 0 Å². The Morgan fingerprint density at radius 3 is 2.69 bits per heavy atom. The van der Waals surface area contributed by atoms with E-state index in [1.165, 1.54) is 19.2 Å². The molecule has 0 spiro atoms. The van der Waals surface area contributed by atoms with Crippen molar-refractivity contribution in [3.8, 4) is 5.88 Å². The maximum absolute atomic E-state index is 13.0. The van der Waals surface area contributed by atoms with Crippen molar-refractivity contribution >= 4 is 29.2 Å². The fourth-order valence-electron chi connectivity index (χ4n) is 3.25. The Morgan fingerprint density at radius 1 is 1.42 bits per heavy atom. The lowest BCUT2D eigenvalue weighted by atomic mass is 10.0. The van der Waals surface area contributed by atoms with Gasteiger partial charge in [-0.25, -0.2) is 14.6 Å². The van der Waals surface area contributed by atoms with Gasteiger partial charge in [-0.3, -0.25) is 4.84 Å². The molecule has 0 aromatic carbocycles. The van der Waals surface area contributed by atoms with Crippen molar-refractivity contribution in [2.45, 2.75) is 38.1 Å². The fourth-order valence-corrected chi connectivity index (χ4v) is 3.40. The van der Waals surface area contributed by atoms with Crippen LogP contribution in [0.15, 0.2) is 12.3 Å². The standard InChI is InChI=1S/C15H16ClF3N3O4/c1-8-13(23)22(10-2-4-20-5-3-10,26-14(24)15(17,18)19)11-6-9(16)7-21-12(11)25-8/h6-8,10,20H,2-5H2,1H3/q+1/t8-,22?/m0/s1. The normalized spacial score (nSPS) is 26.8. The van der Waals surface area contributed by atoms with Crippen LogP contribution in [0, 0.1) is 0 Å². The highest BCUT2D eigenvalue weighted by Crippen LogP contribution is 2.44. The van der Waals surface area contributed by atoms with Crippen LogP contribution in [0.1, 0.15) is 19.8 Å². The summed E-state index contributed by atoms with van der Waals surface area (Å²) in [5, 5.41) is 3.14. The number of ether oxygens (including phenoxy) is 1. The maximum atomic E-state index is 13.0. The zero-order valence-corrected chi connectivity index (χ0v) is 14.4. The quantitative estimate of drug-likeness (QED) is 0.774. The SMILES string of the molecule is C[C@@H]1Oc2ncc(Cl)cc2[N+](OC(=O)C(F)(F)F)(C2CCNCC2)C1=O. The second-order valence-electron chi connectivity index (χ2n) is 6.09. The minimum atomic E-state index is -5.26. The number of aromatic nitrogens is 1. The van der Waals surface area contributed by atoms with Gasteiger partial charge in [0.15, 0.2) is 0 Å². The molecular formula is C15H16ClF3N3O4+. The molecule has 1 aromatic rings. The minimum absolute atomic E-state index is 0.0780. The van der Waals surface area contributed by atoms with Crippen LogP contribution >= 0.6 is 11.6 Å². The summed E-state index contributed by atoms with van der Waals surface area (Å²) < 4.78 is 42.9. The number of hydrogen-bond acceptors (Lipinski definition) is 6. The van der Waals surface area contributed by atoms with E-state index < -0.39 is 34.8 Å². The third-order valence-electron chi connectivity index (χ3n) is 4.40. The van der Waals surface area contributed by atoms with E-state index in [1.807, 2.05) is 0 Å². The van der Waals surface area contributed by atoms with Crippen LogP contribution in [0.5, 0.6) is 5.88 Å². The Labute approximate surface area is 151 Å². The number of quaternary nitrogens is 1. The van der Waals surface area contributed by atoms with E-state index in [2.05, 4.69) is 10.3 Å². The fraction of sp³-hybridized carbons (Fsp3) is 0.533. The first-order valence-corrected chi connectivity index (χ1v) is 8.31. The second kappa shape index (κ2) is 6.67. The van der Waals surface area contributed by atoms with E-state index in [0.29, 0.717) is 25.9 Å². The van der Waals surface area contributed by atoms with Crippen molar-refractivity contribution < 1.29 is 32.3 Å². The van der Waals surface area contributed by atoms with Gasteiger partial charge in [0.1, 0.15) is 6.04 Å². The number of amides is 1. The van der Waals surface area contributed by atoms with Crippen molar-refractivity contribution in [3.63, 3.8) is 0 Å². The summed E-state index contributed by atoms with van der Waals surface area (Å²) in [6, 6.07) is 0.528. The molecule has 1 aromatic heterocycles. The number of fused-ring (bicyclic) bond motifs is 1. The molecule has 142 valence electrons. The molecule has 3 heterocycles. The third-order valence-corrected chi connectivity index (χ3v) is 4.61. The molecule has 0 radical (unpaired) electrons. The average molecular weight is 395 g/mol. The molecule has 2 atom stereocenters. The Bertz CT molecular complexity index is 739. The lowest BCUT2D eigenvalue weighted by Crippen LogP contribution is -2.69. The van der Waals surface area contributed by atoms with E-state index in [-0.39, 0.29) is 16.6 Å². The van der Waals surface area contributed by atoms with Gasteiger partial charge in [-0.15, -0.1) is 0 Å². The van der Waals surface area contributed by atoms with Gasteiger partial charge in [0.05, 0.1) is 5.02 Å². The molecule has 26 heavy (non-hydrogen) atoms. The third kappa shape index (κ3) is 3.12. The van der Waals surface area contributed by atoms with E-state index in [4.69, 9.17) is 21.2 Å². The van der Waals surface area contributed by atoms with E-state index in [1.54, 1.807) is 0 Å². The number of pyridine rings is 1. The van der Waals surface area contributed by atoms with Gasteiger partial charge < -0.3 is 10.1 Å². The first kappa shape index (κ1) is 18.9. The molecule has 2 aliphatic rings. The number of alkyl halides is 3. The zero-order chi connectivity index (χ0) is 19.1. The topological polar surface area (TPSA) is 77.5 Å². The number of carbonyl (C=O) groups excluding carboxylic acids is 2. The van der Waals surface area contributed by atoms with Gasteiger partial charge in [-0.1, -0.05) is 11.6 Å². The summed E-state index contributed by atoms with van der Waals surface area (Å²) in [6.45, 7) is 2.29. The Balaban J connectivity index is 2.19. The molecule has 1 unspecified atom stereocenters. The number of nitrogens with zero attached hydrogens (tertiary/aromatic N) is 2. The molecule has 1 saturated heterocycles. The molecule has 7 nitrogen and oxygen atoms in total.